The molecule has 0 amide bonds. The van der Waals surface area contributed by atoms with Crippen molar-refractivity contribution >= 4 is 10.0 Å². The largest absolute Gasteiger partial charge is 0.282 e. The first-order valence-electron chi connectivity index (χ1n) is 7.40. The van der Waals surface area contributed by atoms with Crippen LogP contribution in [-0.2, 0) is 10.0 Å². The second-order valence-electron chi connectivity index (χ2n) is 5.69. The van der Waals surface area contributed by atoms with Gasteiger partial charge in [0.25, 0.3) is 6.43 Å². The molecule has 142 valence electrons. The Kier molecular flexibility index (Phi) is 4.74. The van der Waals surface area contributed by atoms with E-state index in [4.69, 9.17) is 5.14 Å². The van der Waals surface area contributed by atoms with Gasteiger partial charge < -0.3 is 0 Å². The van der Waals surface area contributed by atoms with Gasteiger partial charge in [0, 0.05) is 11.8 Å². The van der Waals surface area contributed by atoms with E-state index in [1.807, 2.05) is 0 Å². The molecule has 0 aliphatic carbocycles. The Morgan fingerprint density at radius 1 is 1.07 bits per heavy atom. The lowest BCUT2D eigenvalue weighted by Crippen LogP contribution is -2.15. The van der Waals surface area contributed by atoms with Crippen molar-refractivity contribution in [2.75, 3.05) is 0 Å². The van der Waals surface area contributed by atoms with Crippen molar-refractivity contribution in [3.63, 3.8) is 0 Å². The number of aryl methyl sites for hydroxylation is 1. The van der Waals surface area contributed by atoms with Gasteiger partial charge >= 0.3 is 0 Å². The summed E-state index contributed by atoms with van der Waals surface area (Å²) in [5, 5.41) is 8.57. The van der Waals surface area contributed by atoms with E-state index < -0.39 is 44.2 Å². The quantitative estimate of drug-likeness (QED) is 0.682. The van der Waals surface area contributed by atoms with E-state index in [9.17, 15) is 26.0 Å². The second kappa shape index (κ2) is 6.74. The topological polar surface area (TPSA) is 90.9 Å². The van der Waals surface area contributed by atoms with Gasteiger partial charge in [-0.1, -0.05) is 0 Å². The maximum Gasteiger partial charge on any atom is 0.282 e. The number of primary sulfonamides is 1. The van der Waals surface area contributed by atoms with Crippen LogP contribution in [0.15, 0.2) is 41.6 Å². The van der Waals surface area contributed by atoms with Crippen LogP contribution in [-0.4, -0.2) is 23.2 Å². The number of rotatable bonds is 4. The third kappa shape index (κ3) is 3.69. The molecule has 0 spiro atoms. The average Bonchev–Trinajstić information content (AvgIpc) is 3.01. The Morgan fingerprint density at radius 2 is 1.78 bits per heavy atom. The molecule has 0 atom stereocenters. The Morgan fingerprint density at radius 3 is 2.37 bits per heavy atom. The standard InChI is InChI=1S/C16H12F4N4O2S/c1-8-2-9(7-22-6-8)24-14(5-13(23-24)16(19)20)10-3-12(18)15(4-11(10)17)27(21,25)26/h2-7,16H,1H3,(H2,21,25,26). The van der Waals surface area contributed by atoms with Gasteiger partial charge in [0.05, 0.1) is 17.6 Å². The van der Waals surface area contributed by atoms with Crippen LogP contribution in [0, 0.1) is 18.6 Å². The highest BCUT2D eigenvalue weighted by Crippen LogP contribution is 2.32. The molecule has 0 bridgehead atoms. The average molecular weight is 400 g/mol. The molecule has 0 radical (unpaired) electrons. The van der Waals surface area contributed by atoms with Gasteiger partial charge in [0.2, 0.25) is 10.0 Å². The zero-order chi connectivity index (χ0) is 19.9. The summed E-state index contributed by atoms with van der Waals surface area (Å²) in [6, 6.07) is 3.42. The molecule has 11 heteroatoms. The van der Waals surface area contributed by atoms with Crippen molar-refractivity contribution in [1.29, 1.82) is 0 Å². The lowest BCUT2D eigenvalue weighted by atomic mass is 10.1. The van der Waals surface area contributed by atoms with Gasteiger partial charge in [0.1, 0.15) is 22.2 Å². The van der Waals surface area contributed by atoms with E-state index >= 15 is 0 Å². The number of benzene rings is 1. The number of sulfonamides is 1. The van der Waals surface area contributed by atoms with Crippen molar-refractivity contribution in [2.24, 2.45) is 5.14 Å². The minimum absolute atomic E-state index is 0.199. The SMILES string of the molecule is Cc1cncc(-n2nc(C(F)F)cc2-c2cc(F)c(S(N)(=O)=O)cc2F)c1. The van der Waals surface area contributed by atoms with E-state index in [1.54, 1.807) is 13.0 Å². The van der Waals surface area contributed by atoms with Crippen LogP contribution in [0.2, 0.25) is 0 Å². The van der Waals surface area contributed by atoms with Crippen LogP contribution >= 0.6 is 0 Å². The Hall–Kier alpha value is -2.79. The molecule has 0 fully saturated rings. The van der Waals surface area contributed by atoms with Crippen LogP contribution < -0.4 is 5.14 Å². The summed E-state index contributed by atoms with van der Waals surface area (Å²) in [6.07, 6.45) is -0.132. The number of hydrogen-bond donors (Lipinski definition) is 1. The molecule has 2 N–H and O–H groups in total. The van der Waals surface area contributed by atoms with Crippen molar-refractivity contribution in [3.05, 3.63) is 59.6 Å². The molecule has 6 nitrogen and oxygen atoms in total. The first-order chi connectivity index (χ1) is 12.6. The minimum Gasteiger partial charge on any atom is -0.262 e. The molecule has 27 heavy (non-hydrogen) atoms. The highest BCUT2D eigenvalue weighted by Gasteiger charge is 2.24. The highest BCUT2D eigenvalue weighted by atomic mass is 32.2. The zero-order valence-electron chi connectivity index (χ0n) is 13.7. The summed E-state index contributed by atoms with van der Waals surface area (Å²) < 4.78 is 78.5. The molecule has 3 aromatic rings. The molecule has 2 heterocycles. The van der Waals surface area contributed by atoms with Gasteiger partial charge in [-0.15, -0.1) is 0 Å². The Bertz CT molecular complexity index is 1130. The minimum atomic E-state index is -4.50. The van der Waals surface area contributed by atoms with E-state index in [0.29, 0.717) is 17.7 Å². The van der Waals surface area contributed by atoms with Gasteiger partial charge in [-0.3, -0.25) is 4.98 Å². The summed E-state index contributed by atoms with van der Waals surface area (Å²) in [4.78, 5) is 2.88. The first-order valence-corrected chi connectivity index (χ1v) is 8.95. The first kappa shape index (κ1) is 19.0. The van der Waals surface area contributed by atoms with Crippen LogP contribution in [0.3, 0.4) is 0 Å². The Balaban J connectivity index is 2.27. The summed E-state index contributed by atoms with van der Waals surface area (Å²) in [5.74, 6) is -2.48. The van der Waals surface area contributed by atoms with Crippen molar-refractivity contribution in [1.82, 2.24) is 14.8 Å². The number of hydrogen-bond acceptors (Lipinski definition) is 4. The van der Waals surface area contributed by atoms with Crippen LogP contribution in [0.4, 0.5) is 17.6 Å². The number of nitrogens with two attached hydrogens (primary N) is 1. The summed E-state index contributed by atoms with van der Waals surface area (Å²) >= 11 is 0. The van der Waals surface area contributed by atoms with Crippen LogP contribution in [0.25, 0.3) is 16.9 Å². The monoisotopic (exact) mass is 400 g/mol. The fourth-order valence-electron chi connectivity index (χ4n) is 2.49. The zero-order valence-corrected chi connectivity index (χ0v) is 14.5. The molecule has 3 rings (SSSR count). The molecular formula is C16H12F4N4O2S. The molecule has 0 unspecified atom stereocenters. The number of aromatic nitrogens is 3. The van der Waals surface area contributed by atoms with E-state index in [2.05, 4.69) is 10.1 Å². The maximum absolute atomic E-state index is 14.5. The molecule has 0 aliphatic rings. The fourth-order valence-corrected chi connectivity index (χ4v) is 3.09. The predicted molar refractivity (Wildman–Crippen MR) is 87.8 cm³/mol. The lowest BCUT2D eigenvalue weighted by Gasteiger charge is -2.10. The van der Waals surface area contributed by atoms with E-state index in [0.717, 1.165) is 10.7 Å². The smallest absolute Gasteiger partial charge is 0.262 e. The van der Waals surface area contributed by atoms with Gasteiger partial charge in [-0.25, -0.2) is 35.8 Å². The Labute approximate surface area is 151 Å². The number of pyridine rings is 1. The lowest BCUT2D eigenvalue weighted by molar-refractivity contribution is 0.145. The van der Waals surface area contributed by atoms with Gasteiger partial charge in [-0.05, 0) is 36.8 Å². The van der Waals surface area contributed by atoms with Gasteiger partial charge in [-0.2, -0.15) is 5.10 Å². The van der Waals surface area contributed by atoms with Crippen LogP contribution in [0.5, 0.6) is 0 Å². The second-order valence-corrected chi connectivity index (χ2v) is 7.22. The summed E-state index contributed by atoms with van der Waals surface area (Å²) in [5.41, 5.74) is -0.395. The molecule has 0 aliphatic heterocycles. The molecular weight excluding hydrogens is 388 g/mol. The molecule has 1 aromatic carbocycles. The van der Waals surface area contributed by atoms with Gasteiger partial charge in [0.15, 0.2) is 0 Å². The van der Waals surface area contributed by atoms with Crippen molar-refractivity contribution in [2.45, 2.75) is 18.2 Å². The van der Waals surface area contributed by atoms with Crippen molar-refractivity contribution in [3.8, 4) is 16.9 Å². The number of alkyl halides is 2. The maximum atomic E-state index is 14.5. The predicted octanol–water partition coefficient (Wildman–Crippen LogP) is 3.11. The normalized spacial score (nSPS) is 12.0. The number of nitrogens with zero attached hydrogens (tertiary/aromatic N) is 3. The highest BCUT2D eigenvalue weighted by molar-refractivity contribution is 7.89. The number of halogens is 4. The fraction of sp³-hybridized carbons (Fsp3) is 0.125. The molecule has 2 aromatic heterocycles. The summed E-state index contributed by atoms with van der Waals surface area (Å²) in [7, 11) is -4.50. The third-order valence-electron chi connectivity index (χ3n) is 3.66. The van der Waals surface area contributed by atoms with E-state index in [-0.39, 0.29) is 11.4 Å². The van der Waals surface area contributed by atoms with E-state index in [1.165, 1.54) is 12.4 Å². The third-order valence-corrected chi connectivity index (χ3v) is 4.59. The molecule has 0 saturated carbocycles. The molecule has 0 saturated heterocycles. The van der Waals surface area contributed by atoms with Crippen LogP contribution in [0.1, 0.15) is 17.7 Å². The van der Waals surface area contributed by atoms with Crippen molar-refractivity contribution < 1.29 is 26.0 Å². The summed E-state index contributed by atoms with van der Waals surface area (Å²) in [6.45, 7) is 1.70.